The average molecular weight is 244 g/mol. The maximum Gasteiger partial charge on any atom is 0.217 e. The molecule has 0 saturated heterocycles. The molecule has 0 saturated carbocycles. The van der Waals surface area contributed by atoms with Gasteiger partial charge in [0.15, 0.2) is 0 Å². The van der Waals surface area contributed by atoms with E-state index in [-0.39, 0.29) is 11.8 Å². The second-order valence-corrected chi connectivity index (χ2v) is 4.94. The third-order valence-electron chi connectivity index (χ3n) is 3.16. The van der Waals surface area contributed by atoms with E-state index in [1.165, 1.54) is 5.56 Å². The van der Waals surface area contributed by atoms with Crippen molar-refractivity contribution in [3.8, 4) is 11.6 Å². The molecular formula is C15H20N2O. The van der Waals surface area contributed by atoms with Crippen molar-refractivity contribution in [2.75, 3.05) is 0 Å². The first kappa shape index (κ1) is 12.7. The van der Waals surface area contributed by atoms with E-state index in [4.69, 9.17) is 0 Å². The normalized spacial score (nSPS) is 11.2. The van der Waals surface area contributed by atoms with Crippen LogP contribution in [0.2, 0.25) is 0 Å². The van der Waals surface area contributed by atoms with Crippen molar-refractivity contribution in [1.29, 1.82) is 0 Å². The van der Waals surface area contributed by atoms with Crippen LogP contribution in [0, 0.1) is 6.92 Å². The number of nitrogens with zero attached hydrogens (tertiary/aromatic N) is 2. The van der Waals surface area contributed by atoms with Crippen molar-refractivity contribution in [3.05, 3.63) is 41.1 Å². The number of benzene rings is 1. The predicted octanol–water partition coefficient (Wildman–Crippen LogP) is 3.57. The summed E-state index contributed by atoms with van der Waals surface area (Å²) in [5.41, 5.74) is 4.03. The lowest BCUT2D eigenvalue weighted by Crippen LogP contribution is -1.96. The largest absolute Gasteiger partial charge is 0.493 e. The molecule has 0 atom stereocenters. The van der Waals surface area contributed by atoms with E-state index in [2.05, 4.69) is 25.9 Å². The van der Waals surface area contributed by atoms with Crippen molar-refractivity contribution in [1.82, 2.24) is 9.78 Å². The second-order valence-electron chi connectivity index (χ2n) is 4.94. The Morgan fingerprint density at radius 1 is 1.22 bits per heavy atom. The van der Waals surface area contributed by atoms with Gasteiger partial charge in [0, 0.05) is 5.56 Å². The minimum absolute atomic E-state index is 0.269. The fraction of sp³-hybridized carbons (Fsp3) is 0.400. The van der Waals surface area contributed by atoms with Crippen LogP contribution in [0.3, 0.4) is 0 Å². The molecular weight excluding hydrogens is 224 g/mol. The summed E-state index contributed by atoms with van der Waals surface area (Å²) < 4.78 is 1.63. The van der Waals surface area contributed by atoms with Gasteiger partial charge < -0.3 is 5.11 Å². The Morgan fingerprint density at radius 2 is 1.83 bits per heavy atom. The Bertz CT molecular complexity index is 538. The zero-order valence-electron chi connectivity index (χ0n) is 11.4. The van der Waals surface area contributed by atoms with Gasteiger partial charge in [-0.15, -0.1) is 0 Å². The van der Waals surface area contributed by atoms with E-state index in [1.54, 1.807) is 4.68 Å². The maximum absolute atomic E-state index is 10.3. The average Bonchev–Trinajstić information content (AvgIpc) is 2.67. The smallest absolute Gasteiger partial charge is 0.217 e. The molecule has 2 rings (SSSR count). The second kappa shape index (κ2) is 4.84. The summed E-state index contributed by atoms with van der Waals surface area (Å²) in [4.78, 5) is 0. The third kappa shape index (κ3) is 2.13. The van der Waals surface area contributed by atoms with Crippen molar-refractivity contribution >= 4 is 0 Å². The zero-order valence-corrected chi connectivity index (χ0v) is 11.4. The lowest BCUT2D eigenvalue weighted by atomic mass is 10.0. The van der Waals surface area contributed by atoms with Crippen LogP contribution in [-0.2, 0) is 6.42 Å². The SMILES string of the molecule is CCc1nn(-c2ccc(C)cc2)c(O)c1C(C)C. The van der Waals surface area contributed by atoms with Gasteiger partial charge in [0.25, 0.3) is 0 Å². The molecule has 3 heteroatoms. The van der Waals surface area contributed by atoms with Crippen LogP contribution in [0.15, 0.2) is 24.3 Å². The summed E-state index contributed by atoms with van der Waals surface area (Å²) >= 11 is 0. The number of aromatic nitrogens is 2. The van der Waals surface area contributed by atoms with Crippen molar-refractivity contribution < 1.29 is 5.11 Å². The molecule has 18 heavy (non-hydrogen) atoms. The Balaban J connectivity index is 2.55. The van der Waals surface area contributed by atoms with Gasteiger partial charge in [0.1, 0.15) is 0 Å². The summed E-state index contributed by atoms with van der Waals surface area (Å²) in [5, 5.41) is 14.9. The molecule has 2 aromatic rings. The topological polar surface area (TPSA) is 38.0 Å². The highest BCUT2D eigenvalue weighted by molar-refractivity contribution is 5.42. The van der Waals surface area contributed by atoms with E-state index >= 15 is 0 Å². The maximum atomic E-state index is 10.3. The molecule has 1 aromatic heterocycles. The van der Waals surface area contributed by atoms with Crippen molar-refractivity contribution in [2.24, 2.45) is 0 Å². The molecule has 0 radical (unpaired) electrons. The lowest BCUT2D eigenvalue weighted by molar-refractivity contribution is 0.425. The molecule has 0 aliphatic carbocycles. The summed E-state index contributed by atoms with van der Waals surface area (Å²) in [6.07, 6.45) is 0.833. The first-order chi connectivity index (χ1) is 8.54. The van der Waals surface area contributed by atoms with E-state index in [0.717, 1.165) is 23.4 Å². The third-order valence-corrected chi connectivity index (χ3v) is 3.16. The molecule has 0 aliphatic heterocycles. The zero-order chi connectivity index (χ0) is 13.3. The van der Waals surface area contributed by atoms with Gasteiger partial charge in [-0.3, -0.25) is 0 Å². The molecule has 1 N–H and O–H groups in total. The van der Waals surface area contributed by atoms with Gasteiger partial charge in [-0.25, -0.2) is 4.68 Å². The molecule has 1 heterocycles. The van der Waals surface area contributed by atoms with E-state index in [1.807, 2.05) is 31.2 Å². The van der Waals surface area contributed by atoms with Crippen LogP contribution < -0.4 is 0 Å². The van der Waals surface area contributed by atoms with Crippen LogP contribution in [-0.4, -0.2) is 14.9 Å². The summed E-state index contributed by atoms with van der Waals surface area (Å²) in [7, 11) is 0. The van der Waals surface area contributed by atoms with Crippen LogP contribution >= 0.6 is 0 Å². The Labute approximate surface area is 108 Å². The van der Waals surface area contributed by atoms with Crippen LogP contribution in [0.1, 0.15) is 43.5 Å². The molecule has 96 valence electrons. The number of hydrogen-bond donors (Lipinski definition) is 1. The van der Waals surface area contributed by atoms with E-state index in [0.29, 0.717) is 0 Å². The van der Waals surface area contributed by atoms with Crippen molar-refractivity contribution in [3.63, 3.8) is 0 Å². The molecule has 3 nitrogen and oxygen atoms in total. The van der Waals surface area contributed by atoms with Gasteiger partial charge in [-0.1, -0.05) is 38.5 Å². The number of hydrogen-bond acceptors (Lipinski definition) is 2. The predicted molar refractivity (Wildman–Crippen MR) is 73.4 cm³/mol. The van der Waals surface area contributed by atoms with Gasteiger partial charge in [-0.2, -0.15) is 5.10 Å². The van der Waals surface area contributed by atoms with Gasteiger partial charge in [-0.05, 0) is 31.4 Å². The molecule has 0 fully saturated rings. The molecule has 0 spiro atoms. The number of aromatic hydroxyl groups is 1. The molecule has 0 unspecified atom stereocenters. The highest BCUT2D eigenvalue weighted by Gasteiger charge is 2.19. The fourth-order valence-corrected chi connectivity index (χ4v) is 2.18. The minimum atomic E-state index is 0.269. The van der Waals surface area contributed by atoms with Gasteiger partial charge >= 0.3 is 0 Å². The quantitative estimate of drug-likeness (QED) is 0.896. The summed E-state index contributed by atoms with van der Waals surface area (Å²) in [6, 6.07) is 8.01. The summed E-state index contributed by atoms with van der Waals surface area (Å²) in [5.74, 6) is 0.546. The monoisotopic (exact) mass is 244 g/mol. The fourth-order valence-electron chi connectivity index (χ4n) is 2.18. The molecule has 0 amide bonds. The molecule has 0 aliphatic rings. The first-order valence-electron chi connectivity index (χ1n) is 6.42. The first-order valence-corrected chi connectivity index (χ1v) is 6.42. The highest BCUT2D eigenvalue weighted by atomic mass is 16.3. The number of rotatable bonds is 3. The van der Waals surface area contributed by atoms with Gasteiger partial charge in [0.05, 0.1) is 11.4 Å². The molecule has 0 bridgehead atoms. The van der Waals surface area contributed by atoms with E-state index < -0.39 is 0 Å². The Kier molecular flexibility index (Phi) is 3.41. The Hall–Kier alpha value is -1.77. The standard InChI is InChI=1S/C15H20N2O/c1-5-13-14(10(2)3)15(18)17(16-13)12-8-6-11(4)7-9-12/h6-10,18H,5H2,1-4H3. The Morgan fingerprint density at radius 3 is 2.28 bits per heavy atom. The van der Waals surface area contributed by atoms with Crippen molar-refractivity contribution in [2.45, 2.75) is 40.0 Å². The highest BCUT2D eigenvalue weighted by Crippen LogP contribution is 2.31. The van der Waals surface area contributed by atoms with Gasteiger partial charge in [0.2, 0.25) is 5.88 Å². The van der Waals surface area contributed by atoms with Crippen LogP contribution in [0.25, 0.3) is 5.69 Å². The lowest BCUT2D eigenvalue weighted by Gasteiger charge is -2.06. The van der Waals surface area contributed by atoms with Crippen LogP contribution in [0.5, 0.6) is 5.88 Å². The van der Waals surface area contributed by atoms with E-state index in [9.17, 15) is 5.11 Å². The van der Waals surface area contributed by atoms with Crippen LogP contribution in [0.4, 0.5) is 0 Å². The molecule has 1 aromatic carbocycles. The minimum Gasteiger partial charge on any atom is -0.493 e. The number of aryl methyl sites for hydroxylation is 2. The summed E-state index contributed by atoms with van der Waals surface area (Å²) in [6.45, 7) is 8.27.